The molecule has 0 N–H and O–H groups in total. The van der Waals surface area contributed by atoms with E-state index in [1.807, 2.05) is 12.1 Å². The fourth-order valence-corrected chi connectivity index (χ4v) is 2.37. The molecule has 0 saturated heterocycles. The van der Waals surface area contributed by atoms with Crippen LogP contribution in [0.15, 0.2) is 27.1 Å². The molecule has 0 radical (unpaired) electrons. The summed E-state index contributed by atoms with van der Waals surface area (Å²) in [5.74, 6) is 0.869. The number of hydrogen-bond acceptors (Lipinski definition) is 3. The fourth-order valence-electron chi connectivity index (χ4n) is 1.40. The second-order valence-corrected chi connectivity index (χ2v) is 7.45. The second-order valence-electron chi connectivity index (χ2n) is 4.94. The van der Waals surface area contributed by atoms with Crippen LogP contribution < -0.4 is 4.74 Å². The van der Waals surface area contributed by atoms with Crippen molar-refractivity contribution in [2.45, 2.75) is 38.9 Å². The third-order valence-corrected chi connectivity index (χ3v) is 3.59. The lowest BCUT2D eigenvalue weighted by atomic mass is 10.1. The van der Waals surface area contributed by atoms with Gasteiger partial charge in [-0.1, -0.05) is 22.9 Å². The number of rotatable bonds is 4. The van der Waals surface area contributed by atoms with Crippen LogP contribution in [0, 0.1) is 0 Å². The summed E-state index contributed by atoms with van der Waals surface area (Å²) in [6.45, 7) is 8.59. The number of hydrogen-bond donors (Lipinski definition) is 0. The molecule has 0 spiro atoms. The molecule has 0 aromatic heterocycles. The summed E-state index contributed by atoms with van der Waals surface area (Å²) in [4.78, 5) is 0. The van der Waals surface area contributed by atoms with E-state index < -0.39 is 0 Å². The molecule has 0 amide bonds. The van der Waals surface area contributed by atoms with Crippen molar-refractivity contribution in [3.8, 4) is 5.75 Å². The van der Waals surface area contributed by atoms with E-state index in [2.05, 4.69) is 54.1 Å². The molecule has 4 heteroatoms. The van der Waals surface area contributed by atoms with Crippen LogP contribution in [0.25, 0.3) is 0 Å². The fraction of sp³-hybridized carbons (Fsp3) is 0.500. The molecule has 2 nitrogen and oxygen atoms in total. The molecule has 0 saturated carbocycles. The van der Waals surface area contributed by atoms with Crippen LogP contribution in [-0.4, -0.2) is 17.6 Å². The van der Waals surface area contributed by atoms with Gasteiger partial charge in [0.2, 0.25) is 0 Å². The molecule has 18 heavy (non-hydrogen) atoms. The summed E-state index contributed by atoms with van der Waals surface area (Å²) >= 11 is 5.10. The Balaban J connectivity index is 3.12. The maximum atomic E-state index is 5.40. The van der Waals surface area contributed by atoms with Crippen molar-refractivity contribution in [2.75, 3.05) is 7.11 Å². The topological polar surface area (TPSA) is 21.6 Å². The maximum Gasteiger partial charge on any atom is 0.128 e. The molecule has 0 bridgehead atoms. The quantitative estimate of drug-likeness (QED) is 0.566. The second kappa shape index (κ2) is 6.62. The number of benzene rings is 1. The molecule has 0 atom stereocenters. The maximum absolute atomic E-state index is 5.40. The van der Waals surface area contributed by atoms with E-state index in [1.54, 1.807) is 19.1 Å². The van der Waals surface area contributed by atoms with Gasteiger partial charge in [-0.15, -0.1) is 0 Å². The average Bonchev–Trinajstić information content (AvgIpc) is 2.28. The van der Waals surface area contributed by atoms with Crippen molar-refractivity contribution in [2.24, 2.45) is 4.40 Å². The lowest BCUT2D eigenvalue weighted by molar-refractivity contribution is 0.414. The van der Waals surface area contributed by atoms with E-state index in [4.69, 9.17) is 4.74 Å². The Kier molecular flexibility index (Phi) is 5.73. The highest BCUT2D eigenvalue weighted by molar-refractivity contribution is 9.10. The highest BCUT2D eigenvalue weighted by Crippen LogP contribution is 2.29. The molecule has 1 aromatic carbocycles. The standard InChI is InChI=1S/C14H20BrNOS/c1-6-12(16-18-14(2,3)4)11-9-10(15)7-8-13(11)17-5/h7-9H,6H2,1-5H3/b16-12+. The third kappa shape index (κ3) is 4.65. The lowest BCUT2D eigenvalue weighted by Gasteiger charge is -2.15. The van der Waals surface area contributed by atoms with Gasteiger partial charge in [0.05, 0.1) is 12.8 Å². The summed E-state index contributed by atoms with van der Waals surface area (Å²) < 4.78 is 11.2. The Labute approximate surface area is 122 Å². The van der Waals surface area contributed by atoms with Crippen LogP contribution in [0.5, 0.6) is 5.75 Å². The number of halogens is 1. The molecule has 1 rings (SSSR count). The van der Waals surface area contributed by atoms with Crippen molar-refractivity contribution < 1.29 is 4.74 Å². The van der Waals surface area contributed by atoms with Gasteiger partial charge in [-0.3, -0.25) is 0 Å². The normalized spacial score (nSPS) is 12.7. The minimum Gasteiger partial charge on any atom is -0.496 e. The minimum absolute atomic E-state index is 0.125. The van der Waals surface area contributed by atoms with Gasteiger partial charge in [0.1, 0.15) is 5.75 Å². The summed E-state index contributed by atoms with van der Waals surface area (Å²) in [5.41, 5.74) is 2.12. The van der Waals surface area contributed by atoms with Gasteiger partial charge in [-0.2, -0.15) is 0 Å². The average molecular weight is 330 g/mol. The predicted octanol–water partition coefficient (Wildman–Crippen LogP) is 5.10. The first-order chi connectivity index (χ1) is 8.37. The molecule has 0 unspecified atom stereocenters. The molecule has 0 aliphatic rings. The van der Waals surface area contributed by atoms with E-state index in [-0.39, 0.29) is 4.75 Å². The highest BCUT2D eigenvalue weighted by Gasteiger charge is 2.14. The molecule has 0 fully saturated rings. The summed E-state index contributed by atoms with van der Waals surface area (Å²) in [5, 5.41) is 0. The molecule has 0 aliphatic carbocycles. The van der Waals surface area contributed by atoms with Gasteiger partial charge in [0, 0.05) is 14.8 Å². The molecule has 0 heterocycles. The largest absolute Gasteiger partial charge is 0.496 e. The van der Waals surface area contributed by atoms with Crippen molar-refractivity contribution >= 4 is 33.6 Å². The predicted molar refractivity (Wildman–Crippen MR) is 84.9 cm³/mol. The van der Waals surface area contributed by atoms with Gasteiger partial charge in [0.25, 0.3) is 0 Å². The van der Waals surface area contributed by atoms with Gasteiger partial charge >= 0.3 is 0 Å². The molecule has 0 aliphatic heterocycles. The Hall–Kier alpha value is -0.480. The summed E-state index contributed by atoms with van der Waals surface area (Å²) in [7, 11) is 1.69. The van der Waals surface area contributed by atoms with E-state index in [1.165, 1.54) is 0 Å². The monoisotopic (exact) mass is 329 g/mol. The smallest absolute Gasteiger partial charge is 0.128 e. The van der Waals surface area contributed by atoms with Crippen LogP contribution in [0.2, 0.25) is 0 Å². The van der Waals surface area contributed by atoms with Crippen LogP contribution in [-0.2, 0) is 0 Å². The Bertz CT molecular complexity index is 438. The zero-order valence-corrected chi connectivity index (χ0v) is 14.0. The third-order valence-electron chi connectivity index (χ3n) is 2.24. The zero-order chi connectivity index (χ0) is 13.8. The van der Waals surface area contributed by atoms with Gasteiger partial charge in [0.15, 0.2) is 0 Å². The number of methoxy groups -OCH3 is 1. The molecular formula is C14H20BrNOS. The number of ether oxygens (including phenoxy) is 1. The highest BCUT2D eigenvalue weighted by atomic mass is 79.9. The molecule has 100 valence electrons. The minimum atomic E-state index is 0.125. The van der Waals surface area contributed by atoms with Crippen LogP contribution >= 0.6 is 27.9 Å². The Morgan fingerprint density at radius 2 is 2.06 bits per heavy atom. The van der Waals surface area contributed by atoms with Crippen molar-refractivity contribution in [1.29, 1.82) is 0 Å². The zero-order valence-electron chi connectivity index (χ0n) is 11.6. The van der Waals surface area contributed by atoms with Crippen LogP contribution in [0.1, 0.15) is 39.7 Å². The van der Waals surface area contributed by atoms with Gasteiger partial charge < -0.3 is 4.74 Å². The Morgan fingerprint density at radius 1 is 1.39 bits per heavy atom. The Morgan fingerprint density at radius 3 is 2.56 bits per heavy atom. The van der Waals surface area contributed by atoms with E-state index in [9.17, 15) is 0 Å². The molecular weight excluding hydrogens is 310 g/mol. The SMILES string of the molecule is CC/C(=N\SC(C)(C)C)c1cc(Br)ccc1OC. The van der Waals surface area contributed by atoms with E-state index in [0.29, 0.717) is 0 Å². The summed E-state index contributed by atoms with van der Waals surface area (Å²) in [6, 6.07) is 6.00. The van der Waals surface area contributed by atoms with E-state index >= 15 is 0 Å². The molecule has 1 aromatic rings. The van der Waals surface area contributed by atoms with Gasteiger partial charge in [-0.25, -0.2) is 4.40 Å². The van der Waals surface area contributed by atoms with Gasteiger partial charge in [-0.05, 0) is 57.3 Å². The first kappa shape index (κ1) is 15.6. The van der Waals surface area contributed by atoms with Crippen molar-refractivity contribution in [3.05, 3.63) is 28.2 Å². The van der Waals surface area contributed by atoms with Crippen LogP contribution in [0.3, 0.4) is 0 Å². The van der Waals surface area contributed by atoms with E-state index in [0.717, 1.165) is 27.9 Å². The summed E-state index contributed by atoms with van der Waals surface area (Å²) in [6.07, 6.45) is 0.885. The first-order valence-electron chi connectivity index (χ1n) is 5.96. The van der Waals surface area contributed by atoms with Crippen molar-refractivity contribution in [3.63, 3.8) is 0 Å². The van der Waals surface area contributed by atoms with Crippen LogP contribution in [0.4, 0.5) is 0 Å². The first-order valence-corrected chi connectivity index (χ1v) is 7.53. The lowest BCUT2D eigenvalue weighted by Crippen LogP contribution is -2.08. The van der Waals surface area contributed by atoms with Crippen molar-refractivity contribution in [1.82, 2.24) is 0 Å². The number of nitrogens with zero attached hydrogens (tertiary/aromatic N) is 1.